The molecule has 3 atom stereocenters. The minimum atomic E-state index is -1.19. The first-order valence-electron chi connectivity index (χ1n) is 10.5. The van der Waals surface area contributed by atoms with Gasteiger partial charge in [-0.3, -0.25) is 14.4 Å². The molecule has 2 aliphatic heterocycles. The summed E-state index contributed by atoms with van der Waals surface area (Å²) in [4.78, 5) is 37.5. The van der Waals surface area contributed by atoms with Gasteiger partial charge >= 0.3 is 0 Å². The van der Waals surface area contributed by atoms with Crippen LogP contribution in [0.2, 0.25) is 0 Å². The fourth-order valence-electron chi connectivity index (χ4n) is 3.94. The monoisotopic (exact) mass is 517 g/mol. The van der Waals surface area contributed by atoms with Crippen molar-refractivity contribution in [2.24, 2.45) is 11.3 Å². The Balaban J connectivity index is 1.59. The minimum Gasteiger partial charge on any atom is -0.481 e. The Morgan fingerprint density at radius 1 is 1.38 bits per heavy atom. The third-order valence-electron chi connectivity index (χ3n) is 6.04. The van der Waals surface area contributed by atoms with Crippen molar-refractivity contribution in [3.8, 4) is 5.75 Å². The maximum absolute atomic E-state index is 13.9. The molecule has 1 aromatic rings. The first-order valence-corrected chi connectivity index (χ1v) is 11.3. The summed E-state index contributed by atoms with van der Waals surface area (Å²) in [5, 5.41) is 8.29. The fourth-order valence-corrected chi connectivity index (χ4v) is 4.24. The average molecular weight is 518 g/mol. The maximum atomic E-state index is 13.9. The zero-order valence-corrected chi connectivity index (χ0v) is 19.2. The summed E-state index contributed by atoms with van der Waals surface area (Å²) in [5.74, 6) is -3.93. The van der Waals surface area contributed by atoms with Crippen molar-refractivity contribution in [1.82, 2.24) is 16.0 Å². The number of carbonyl (C=O) groups excluding carboxylic acids is 3. The molecule has 2 aliphatic rings. The number of benzene rings is 1. The van der Waals surface area contributed by atoms with Crippen LogP contribution in [0.25, 0.3) is 0 Å². The lowest BCUT2D eigenvalue weighted by atomic mass is 9.82. The summed E-state index contributed by atoms with van der Waals surface area (Å²) in [6.45, 7) is 2.76. The molecule has 32 heavy (non-hydrogen) atoms. The summed E-state index contributed by atoms with van der Waals surface area (Å²) in [6.07, 6.45) is 1.48. The van der Waals surface area contributed by atoms with Crippen LogP contribution in [0.5, 0.6) is 5.75 Å². The third-order valence-corrected chi connectivity index (χ3v) is 6.65. The van der Waals surface area contributed by atoms with E-state index in [1.54, 1.807) is 6.92 Å². The highest BCUT2D eigenvalue weighted by Crippen LogP contribution is 2.31. The van der Waals surface area contributed by atoms with Gasteiger partial charge in [-0.15, -0.1) is 0 Å². The second kappa shape index (κ2) is 10.6. The van der Waals surface area contributed by atoms with E-state index in [2.05, 4.69) is 31.9 Å². The molecule has 2 fully saturated rings. The molecule has 8 nitrogen and oxygen atoms in total. The van der Waals surface area contributed by atoms with E-state index in [1.807, 2.05) is 0 Å². The molecular formula is C21H26BrF2N3O5. The van der Waals surface area contributed by atoms with Gasteiger partial charge in [-0.2, -0.15) is 4.39 Å². The first-order chi connectivity index (χ1) is 15.3. The Hall–Kier alpha value is -2.27. The molecule has 2 heterocycles. The van der Waals surface area contributed by atoms with Crippen molar-refractivity contribution in [3.63, 3.8) is 0 Å². The van der Waals surface area contributed by atoms with Crippen LogP contribution in [-0.2, 0) is 19.1 Å². The summed E-state index contributed by atoms with van der Waals surface area (Å²) >= 11 is 2.87. The Kier molecular flexibility index (Phi) is 8.05. The molecule has 3 unspecified atom stereocenters. The number of ether oxygens (including phenoxy) is 2. The van der Waals surface area contributed by atoms with Crippen molar-refractivity contribution in [1.29, 1.82) is 0 Å². The van der Waals surface area contributed by atoms with E-state index in [9.17, 15) is 23.2 Å². The van der Waals surface area contributed by atoms with Crippen LogP contribution in [0.1, 0.15) is 26.2 Å². The van der Waals surface area contributed by atoms with Gasteiger partial charge in [-0.25, -0.2) is 4.39 Å². The van der Waals surface area contributed by atoms with Gasteiger partial charge in [0.25, 0.3) is 5.91 Å². The molecule has 0 bridgehead atoms. The van der Waals surface area contributed by atoms with Crippen molar-refractivity contribution in [2.45, 2.75) is 32.2 Å². The van der Waals surface area contributed by atoms with Crippen LogP contribution >= 0.6 is 15.9 Å². The van der Waals surface area contributed by atoms with Gasteiger partial charge < -0.3 is 25.4 Å². The van der Waals surface area contributed by atoms with Gasteiger partial charge in [0.1, 0.15) is 5.41 Å². The maximum Gasteiger partial charge on any atom is 0.258 e. The molecule has 0 saturated carbocycles. The zero-order chi connectivity index (χ0) is 23.3. The molecule has 3 N–H and O–H groups in total. The van der Waals surface area contributed by atoms with Gasteiger partial charge in [0, 0.05) is 25.6 Å². The highest BCUT2D eigenvalue weighted by Gasteiger charge is 2.48. The number of rotatable bonds is 9. The van der Waals surface area contributed by atoms with E-state index < -0.39 is 35.6 Å². The molecule has 0 radical (unpaired) electrons. The van der Waals surface area contributed by atoms with Crippen molar-refractivity contribution in [3.05, 3.63) is 28.2 Å². The van der Waals surface area contributed by atoms with Crippen LogP contribution in [0.4, 0.5) is 8.78 Å². The van der Waals surface area contributed by atoms with E-state index in [4.69, 9.17) is 9.47 Å². The van der Waals surface area contributed by atoms with Gasteiger partial charge in [0.05, 0.1) is 17.1 Å². The lowest BCUT2D eigenvalue weighted by Gasteiger charge is -2.30. The standard InChI is InChI=1S/C21H26BrF2N3O5/c1-2-21(6-7-25-19(21)29)20(30)27-14(12-5-8-31-10-12)9-26-16(28)11-32-15-4-3-13(22)17(23)18(15)24/h3-4,12,14H,2,5-11H2,1H3,(H,25,29)(H,26,28)(H,27,30). The predicted molar refractivity (Wildman–Crippen MR) is 114 cm³/mol. The highest BCUT2D eigenvalue weighted by molar-refractivity contribution is 9.10. The number of amides is 3. The largest absolute Gasteiger partial charge is 0.481 e. The molecule has 0 aromatic heterocycles. The van der Waals surface area contributed by atoms with Crippen LogP contribution < -0.4 is 20.7 Å². The SMILES string of the molecule is CCC1(C(=O)NC(CNC(=O)COc2ccc(Br)c(F)c2F)C2CCOC2)CCNC1=O. The van der Waals surface area contributed by atoms with Crippen LogP contribution in [0, 0.1) is 23.0 Å². The van der Waals surface area contributed by atoms with Gasteiger partial charge in [-0.1, -0.05) is 6.92 Å². The molecule has 3 amide bonds. The topological polar surface area (TPSA) is 106 Å². The van der Waals surface area contributed by atoms with Crippen molar-refractivity contribution in [2.75, 3.05) is 32.9 Å². The van der Waals surface area contributed by atoms with Crippen LogP contribution in [0.3, 0.4) is 0 Å². The fraction of sp³-hybridized carbons (Fsp3) is 0.571. The van der Waals surface area contributed by atoms with Crippen molar-refractivity contribution < 1.29 is 32.6 Å². The Morgan fingerprint density at radius 3 is 2.78 bits per heavy atom. The zero-order valence-electron chi connectivity index (χ0n) is 17.6. The quantitative estimate of drug-likeness (QED) is 0.341. The minimum absolute atomic E-state index is 0.0310. The number of nitrogens with one attached hydrogen (secondary N) is 3. The number of hydrogen-bond acceptors (Lipinski definition) is 5. The van der Waals surface area contributed by atoms with E-state index in [-0.39, 0.29) is 34.5 Å². The van der Waals surface area contributed by atoms with Gasteiger partial charge in [0.2, 0.25) is 17.6 Å². The first kappa shape index (κ1) is 24.4. The number of halogens is 3. The molecule has 0 aliphatic carbocycles. The van der Waals surface area contributed by atoms with E-state index in [0.29, 0.717) is 39.0 Å². The highest BCUT2D eigenvalue weighted by atomic mass is 79.9. The molecule has 0 spiro atoms. The summed E-state index contributed by atoms with van der Waals surface area (Å²) in [5.41, 5.74) is -1.12. The van der Waals surface area contributed by atoms with Crippen LogP contribution in [-0.4, -0.2) is 56.7 Å². The normalized spacial score (nSPS) is 23.5. The van der Waals surface area contributed by atoms with E-state index in [0.717, 1.165) is 0 Å². The third kappa shape index (κ3) is 5.20. The van der Waals surface area contributed by atoms with Gasteiger partial charge in [-0.05, 0) is 47.3 Å². The lowest BCUT2D eigenvalue weighted by molar-refractivity contribution is -0.142. The molecule has 2 saturated heterocycles. The molecule has 3 rings (SSSR count). The second-order valence-electron chi connectivity index (χ2n) is 7.91. The number of hydrogen-bond donors (Lipinski definition) is 3. The van der Waals surface area contributed by atoms with Crippen molar-refractivity contribution >= 4 is 33.7 Å². The average Bonchev–Trinajstić information content (AvgIpc) is 3.44. The summed E-state index contributed by atoms with van der Waals surface area (Å²) in [6, 6.07) is 2.04. The molecule has 176 valence electrons. The van der Waals surface area contributed by atoms with Crippen LogP contribution in [0.15, 0.2) is 16.6 Å². The van der Waals surface area contributed by atoms with E-state index >= 15 is 0 Å². The number of carbonyl (C=O) groups is 3. The summed E-state index contributed by atoms with van der Waals surface area (Å²) < 4.78 is 37.9. The molecule has 11 heteroatoms. The Morgan fingerprint density at radius 2 is 2.16 bits per heavy atom. The Bertz CT molecular complexity index is 881. The van der Waals surface area contributed by atoms with Gasteiger partial charge in [0.15, 0.2) is 18.2 Å². The second-order valence-corrected chi connectivity index (χ2v) is 8.77. The molecular weight excluding hydrogens is 492 g/mol. The lowest BCUT2D eigenvalue weighted by Crippen LogP contribution is -2.54. The van der Waals surface area contributed by atoms with E-state index in [1.165, 1.54) is 12.1 Å². The smallest absolute Gasteiger partial charge is 0.258 e. The molecule has 1 aromatic carbocycles. The summed E-state index contributed by atoms with van der Waals surface area (Å²) in [7, 11) is 0. The predicted octanol–water partition coefficient (Wildman–Crippen LogP) is 1.66. The Labute approximate surface area is 192 Å².